The summed E-state index contributed by atoms with van der Waals surface area (Å²) in [5.74, 6) is 1.34. The van der Waals surface area contributed by atoms with E-state index in [1.54, 1.807) is 17.2 Å². The van der Waals surface area contributed by atoms with Crippen molar-refractivity contribution in [3.05, 3.63) is 47.7 Å². The van der Waals surface area contributed by atoms with Crippen LogP contribution in [0.4, 0.5) is 11.5 Å². The number of nitrogen functional groups attached to an aromatic ring is 1. The van der Waals surface area contributed by atoms with Crippen LogP contribution in [0.3, 0.4) is 0 Å². The molecule has 146 valence electrons. The van der Waals surface area contributed by atoms with Crippen molar-refractivity contribution in [2.24, 2.45) is 5.92 Å². The first-order valence-electron chi connectivity index (χ1n) is 9.51. The Kier molecular flexibility index (Phi) is 4.90. The third-order valence-electron chi connectivity index (χ3n) is 5.36. The summed E-state index contributed by atoms with van der Waals surface area (Å²) in [5, 5.41) is 0. The van der Waals surface area contributed by atoms with Crippen LogP contribution in [0.2, 0.25) is 0 Å². The molecule has 28 heavy (non-hydrogen) atoms. The standard InChI is InChI=1S/C21H24N4O3/c1-14-2-4-18-17(8-14)25(21(27)13-28-18)12-20(26)24-7-6-16(11-24)9-15-3-5-19(22)23-10-15/h2-5,8,10,16H,6-7,9,11-13H2,1H3,(H2,22,23). The molecule has 2 N–H and O–H groups in total. The van der Waals surface area contributed by atoms with Gasteiger partial charge in [-0.2, -0.15) is 0 Å². The zero-order valence-electron chi connectivity index (χ0n) is 15.9. The maximum atomic E-state index is 12.9. The summed E-state index contributed by atoms with van der Waals surface area (Å²) in [4.78, 5) is 32.8. The van der Waals surface area contributed by atoms with E-state index in [0.29, 0.717) is 36.3 Å². The van der Waals surface area contributed by atoms with Crippen molar-refractivity contribution in [2.45, 2.75) is 19.8 Å². The van der Waals surface area contributed by atoms with Crippen LogP contribution in [-0.2, 0) is 16.0 Å². The number of benzene rings is 1. The van der Waals surface area contributed by atoms with Gasteiger partial charge in [0.15, 0.2) is 6.61 Å². The summed E-state index contributed by atoms with van der Waals surface area (Å²) in [6.07, 6.45) is 3.62. The van der Waals surface area contributed by atoms with Crippen molar-refractivity contribution in [1.82, 2.24) is 9.88 Å². The number of ether oxygens (including phenoxy) is 1. The number of anilines is 2. The van der Waals surface area contributed by atoms with Gasteiger partial charge in [-0.3, -0.25) is 14.5 Å². The van der Waals surface area contributed by atoms with Gasteiger partial charge in [-0.25, -0.2) is 4.98 Å². The van der Waals surface area contributed by atoms with E-state index in [4.69, 9.17) is 10.5 Å². The predicted molar refractivity (Wildman–Crippen MR) is 106 cm³/mol. The van der Waals surface area contributed by atoms with Gasteiger partial charge in [-0.15, -0.1) is 0 Å². The number of nitrogens with zero attached hydrogens (tertiary/aromatic N) is 3. The number of rotatable bonds is 4. The van der Waals surface area contributed by atoms with Crippen LogP contribution in [0.1, 0.15) is 17.5 Å². The van der Waals surface area contributed by atoms with E-state index in [-0.39, 0.29) is 25.0 Å². The Bertz CT molecular complexity index is 897. The second-order valence-corrected chi connectivity index (χ2v) is 7.53. The van der Waals surface area contributed by atoms with Crippen molar-refractivity contribution in [1.29, 1.82) is 0 Å². The Hall–Kier alpha value is -3.09. The number of amides is 2. The van der Waals surface area contributed by atoms with Crippen molar-refractivity contribution >= 4 is 23.3 Å². The van der Waals surface area contributed by atoms with Gasteiger partial charge in [0, 0.05) is 19.3 Å². The number of carbonyl (C=O) groups excluding carboxylic acids is 2. The minimum atomic E-state index is -0.185. The SMILES string of the molecule is Cc1ccc2c(c1)N(CC(=O)N1CCC(Cc3ccc(N)nc3)C1)C(=O)CO2. The number of hydrogen-bond donors (Lipinski definition) is 1. The van der Waals surface area contributed by atoms with E-state index in [0.717, 1.165) is 24.0 Å². The molecule has 0 radical (unpaired) electrons. The van der Waals surface area contributed by atoms with Gasteiger partial charge >= 0.3 is 0 Å². The van der Waals surface area contributed by atoms with Crippen LogP contribution >= 0.6 is 0 Å². The third-order valence-corrected chi connectivity index (χ3v) is 5.36. The van der Waals surface area contributed by atoms with Crippen molar-refractivity contribution < 1.29 is 14.3 Å². The Morgan fingerprint density at radius 3 is 2.96 bits per heavy atom. The minimum Gasteiger partial charge on any atom is -0.482 e. The van der Waals surface area contributed by atoms with Gasteiger partial charge in [0.2, 0.25) is 5.91 Å². The molecule has 2 aliphatic rings. The van der Waals surface area contributed by atoms with Crippen LogP contribution in [0.25, 0.3) is 0 Å². The summed E-state index contributed by atoms with van der Waals surface area (Å²) in [6.45, 7) is 3.38. The van der Waals surface area contributed by atoms with Gasteiger partial charge in [0.25, 0.3) is 5.91 Å². The van der Waals surface area contributed by atoms with Crippen LogP contribution < -0.4 is 15.4 Å². The average Bonchev–Trinajstić information content (AvgIpc) is 3.14. The molecular formula is C21H24N4O3. The monoisotopic (exact) mass is 380 g/mol. The summed E-state index contributed by atoms with van der Waals surface area (Å²) in [6, 6.07) is 9.46. The maximum Gasteiger partial charge on any atom is 0.265 e. The van der Waals surface area contributed by atoms with E-state index in [1.807, 2.05) is 36.1 Å². The number of aromatic nitrogens is 1. The summed E-state index contributed by atoms with van der Waals surface area (Å²) < 4.78 is 5.49. The first-order chi connectivity index (χ1) is 13.5. The second-order valence-electron chi connectivity index (χ2n) is 7.53. The number of nitrogens with two attached hydrogens (primary N) is 1. The van der Waals surface area contributed by atoms with Crippen molar-refractivity contribution in [2.75, 3.05) is 36.9 Å². The molecule has 1 aromatic heterocycles. The molecule has 1 saturated heterocycles. The number of carbonyl (C=O) groups is 2. The summed E-state index contributed by atoms with van der Waals surface area (Å²) >= 11 is 0. The number of hydrogen-bond acceptors (Lipinski definition) is 5. The molecule has 1 unspecified atom stereocenters. The number of fused-ring (bicyclic) bond motifs is 1. The van der Waals surface area contributed by atoms with Gasteiger partial charge in [-0.1, -0.05) is 12.1 Å². The summed E-state index contributed by atoms with van der Waals surface area (Å²) in [5.41, 5.74) is 8.46. The normalized spacial score (nSPS) is 18.8. The smallest absolute Gasteiger partial charge is 0.265 e. The Morgan fingerprint density at radius 2 is 2.18 bits per heavy atom. The molecule has 2 amide bonds. The van der Waals surface area contributed by atoms with Crippen molar-refractivity contribution in [3.63, 3.8) is 0 Å². The average molecular weight is 380 g/mol. The molecule has 0 bridgehead atoms. The topological polar surface area (TPSA) is 88.8 Å². The Balaban J connectivity index is 1.40. The molecule has 4 rings (SSSR count). The first kappa shape index (κ1) is 18.3. The zero-order chi connectivity index (χ0) is 19.7. The van der Waals surface area contributed by atoms with Gasteiger partial charge in [-0.05, 0) is 55.0 Å². The fraction of sp³-hybridized carbons (Fsp3) is 0.381. The summed E-state index contributed by atoms with van der Waals surface area (Å²) in [7, 11) is 0. The highest BCUT2D eigenvalue weighted by Crippen LogP contribution is 2.33. The van der Waals surface area contributed by atoms with E-state index in [1.165, 1.54) is 0 Å². The number of likely N-dealkylation sites (tertiary alicyclic amines) is 1. The molecule has 7 nitrogen and oxygen atoms in total. The highest BCUT2D eigenvalue weighted by atomic mass is 16.5. The Labute approximate surface area is 164 Å². The molecule has 0 spiro atoms. The number of aryl methyl sites for hydroxylation is 1. The lowest BCUT2D eigenvalue weighted by atomic mass is 10.00. The molecule has 2 aromatic rings. The Morgan fingerprint density at radius 1 is 1.32 bits per heavy atom. The van der Waals surface area contributed by atoms with Crippen LogP contribution in [0.5, 0.6) is 5.75 Å². The van der Waals surface area contributed by atoms with E-state index in [9.17, 15) is 9.59 Å². The largest absolute Gasteiger partial charge is 0.482 e. The molecule has 3 heterocycles. The lowest BCUT2D eigenvalue weighted by Crippen LogP contribution is -2.46. The van der Waals surface area contributed by atoms with Crippen LogP contribution in [-0.4, -0.2) is 47.9 Å². The highest BCUT2D eigenvalue weighted by molar-refractivity contribution is 6.02. The first-order valence-corrected chi connectivity index (χ1v) is 9.51. The van der Waals surface area contributed by atoms with Crippen LogP contribution in [0.15, 0.2) is 36.5 Å². The van der Waals surface area contributed by atoms with Gasteiger partial charge in [0.1, 0.15) is 18.1 Å². The van der Waals surface area contributed by atoms with Crippen molar-refractivity contribution in [3.8, 4) is 5.75 Å². The van der Waals surface area contributed by atoms with Gasteiger partial charge < -0.3 is 15.4 Å². The van der Waals surface area contributed by atoms with E-state index >= 15 is 0 Å². The molecule has 2 aliphatic heterocycles. The molecule has 1 atom stereocenters. The fourth-order valence-corrected chi connectivity index (χ4v) is 3.84. The lowest BCUT2D eigenvalue weighted by Gasteiger charge is -2.30. The maximum absolute atomic E-state index is 12.9. The molecule has 0 aliphatic carbocycles. The zero-order valence-corrected chi connectivity index (χ0v) is 15.9. The van der Waals surface area contributed by atoms with Crippen LogP contribution in [0, 0.1) is 12.8 Å². The fourth-order valence-electron chi connectivity index (χ4n) is 3.84. The molecule has 7 heteroatoms. The third kappa shape index (κ3) is 3.78. The van der Waals surface area contributed by atoms with E-state index in [2.05, 4.69) is 4.98 Å². The number of pyridine rings is 1. The highest BCUT2D eigenvalue weighted by Gasteiger charge is 2.32. The lowest BCUT2D eigenvalue weighted by molar-refractivity contribution is -0.131. The van der Waals surface area contributed by atoms with Gasteiger partial charge in [0.05, 0.1) is 5.69 Å². The molecule has 1 fully saturated rings. The molecule has 0 saturated carbocycles. The minimum absolute atomic E-state index is 0.0272. The van der Waals surface area contributed by atoms with E-state index < -0.39 is 0 Å². The quantitative estimate of drug-likeness (QED) is 0.874. The molecular weight excluding hydrogens is 356 g/mol. The predicted octanol–water partition coefficient (Wildman–Crippen LogP) is 1.79. The molecule has 1 aromatic carbocycles. The second kappa shape index (κ2) is 7.50.